The molecule has 0 unspecified atom stereocenters. The highest BCUT2D eigenvalue weighted by Crippen LogP contribution is 2.30. The van der Waals surface area contributed by atoms with Gasteiger partial charge in [-0.2, -0.15) is 0 Å². The van der Waals surface area contributed by atoms with Gasteiger partial charge in [0.25, 0.3) is 0 Å². The molecule has 0 aliphatic rings. The fourth-order valence-electron chi connectivity index (χ4n) is 3.14. The molecule has 0 aliphatic carbocycles. The van der Waals surface area contributed by atoms with Gasteiger partial charge in [-0.15, -0.1) is 11.3 Å². The topological polar surface area (TPSA) is 41.6 Å². The van der Waals surface area contributed by atoms with Gasteiger partial charge in [0.1, 0.15) is 11.8 Å². The van der Waals surface area contributed by atoms with Crippen molar-refractivity contribution >= 4 is 34.5 Å². The quantitative estimate of drug-likeness (QED) is 0.552. The fraction of sp³-hybridized carbons (Fsp3) is 0.227. The first-order valence-corrected chi connectivity index (χ1v) is 10.1. The van der Waals surface area contributed by atoms with E-state index in [0.717, 1.165) is 20.3 Å². The monoisotopic (exact) mass is 414 g/mol. The molecule has 0 fully saturated rings. The Morgan fingerprint density at radius 2 is 1.93 bits per heavy atom. The second-order valence-electron chi connectivity index (χ2n) is 6.63. The molecule has 1 heterocycles. The number of likely N-dealkylation sites (N-methyl/N-ethyl adjacent to an activating group) is 1. The summed E-state index contributed by atoms with van der Waals surface area (Å²) in [6.07, 6.45) is 0. The van der Waals surface area contributed by atoms with Gasteiger partial charge in [-0.25, -0.2) is 0 Å². The predicted octanol–water partition coefficient (Wildman–Crippen LogP) is 5.53. The van der Waals surface area contributed by atoms with E-state index in [9.17, 15) is 4.79 Å². The molecule has 2 aromatic carbocycles. The Bertz CT molecular complexity index is 943. The number of thiophene rings is 1. The van der Waals surface area contributed by atoms with Crippen LogP contribution in [-0.2, 0) is 11.3 Å². The normalized spacial score (nSPS) is 12.0. The summed E-state index contributed by atoms with van der Waals surface area (Å²) >= 11 is 7.59. The molecule has 6 heteroatoms. The summed E-state index contributed by atoms with van der Waals surface area (Å²) in [5.41, 5.74) is 2.65. The molecule has 1 amide bonds. The van der Waals surface area contributed by atoms with Crippen LogP contribution in [0.4, 0.5) is 5.69 Å². The van der Waals surface area contributed by atoms with Crippen molar-refractivity contribution in [3.63, 3.8) is 0 Å². The number of ether oxygens (including phenoxy) is 1. The van der Waals surface area contributed by atoms with Crippen LogP contribution in [0.5, 0.6) is 5.75 Å². The van der Waals surface area contributed by atoms with Crippen LogP contribution in [0.2, 0.25) is 4.34 Å². The summed E-state index contributed by atoms with van der Waals surface area (Å²) in [7, 11) is 3.54. The first kappa shape index (κ1) is 20.4. The zero-order valence-electron chi connectivity index (χ0n) is 16.1. The summed E-state index contributed by atoms with van der Waals surface area (Å²) in [6.45, 7) is 2.60. The Balaban J connectivity index is 1.88. The largest absolute Gasteiger partial charge is 0.495 e. The number of rotatable bonds is 7. The van der Waals surface area contributed by atoms with E-state index in [1.54, 1.807) is 7.11 Å². The lowest BCUT2D eigenvalue weighted by molar-refractivity contribution is -0.121. The van der Waals surface area contributed by atoms with Crippen LogP contribution >= 0.6 is 22.9 Å². The summed E-state index contributed by atoms with van der Waals surface area (Å²) < 4.78 is 6.15. The van der Waals surface area contributed by atoms with E-state index in [4.69, 9.17) is 16.3 Å². The Labute approximate surface area is 174 Å². The highest BCUT2D eigenvalue weighted by molar-refractivity contribution is 7.16. The maximum absolute atomic E-state index is 13.3. The highest BCUT2D eigenvalue weighted by Gasteiger charge is 2.26. The number of hydrogen-bond acceptors (Lipinski definition) is 4. The minimum atomic E-state index is -0.452. The van der Waals surface area contributed by atoms with Crippen LogP contribution in [0.15, 0.2) is 60.7 Å². The zero-order valence-corrected chi connectivity index (χ0v) is 17.7. The molecule has 1 N–H and O–H groups in total. The van der Waals surface area contributed by atoms with Gasteiger partial charge in [0.15, 0.2) is 0 Å². The van der Waals surface area contributed by atoms with Crippen molar-refractivity contribution in [2.75, 3.05) is 19.5 Å². The lowest BCUT2D eigenvalue weighted by Gasteiger charge is -2.27. The van der Waals surface area contributed by atoms with Crippen molar-refractivity contribution in [3.8, 4) is 5.75 Å². The summed E-state index contributed by atoms with van der Waals surface area (Å²) in [6, 6.07) is 18.9. The van der Waals surface area contributed by atoms with Crippen molar-refractivity contribution in [3.05, 3.63) is 81.0 Å². The minimum absolute atomic E-state index is 0.111. The van der Waals surface area contributed by atoms with Gasteiger partial charge in [0, 0.05) is 11.4 Å². The number of methoxy groups -OCH3 is 1. The molecule has 0 bridgehead atoms. The summed E-state index contributed by atoms with van der Waals surface area (Å²) in [5, 5.41) is 3.04. The van der Waals surface area contributed by atoms with Gasteiger partial charge in [-0.05, 0) is 49.4 Å². The molecule has 0 radical (unpaired) electrons. The first-order valence-electron chi connectivity index (χ1n) is 8.93. The van der Waals surface area contributed by atoms with Crippen molar-refractivity contribution < 1.29 is 9.53 Å². The molecule has 0 spiro atoms. The van der Waals surface area contributed by atoms with Crippen molar-refractivity contribution in [1.82, 2.24) is 4.90 Å². The molecular weight excluding hydrogens is 392 g/mol. The Hall–Kier alpha value is -2.34. The summed E-state index contributed by atoms with van der Waals surface area (Å²) in [4.78, 5) is 16.4. The first-order chi connectivity index (χ1) is 13.5. The molecule has 3 rings (SSSR count). The van der Waals surface area contributed by atoms with E-state index < -0.39 is 6.04 Å². The van der Waals surface area contributed by atoms with Gasteiger partial charge in [0.05, 0.1) is 17.1 Å². The van der Waals surface area contributed by atoms with Crippen molar-refractivity contribution in [2.45, 2.75) is 19.5 Å². The molecule has 0 saturated carbocycles. The third-order valence-electron chi connectivity index (χ3n) is 4.45. The molecule has 1 atom stereocenters. The zero-order chi connectivity index (χ0) is 20.1. The average molecular weight is 415 g/mol. The molecule has 146 valence electrons. The Morgan fingerprint density at radius 1 is 1.18 bits per heavy atom. The molecule has 0 saturated heterocycles. The second-order valence-corrected chi connectivity index (χ2v) is 8.43. The van der Waals surface area contributed by atoms with E-state index in [1.165, 1.54) is 11.3 Å². The number of amides is 1. The third kappa shape index (κ3) is 4.93. The Morgan fingerprint density at radius 3 is 2.57 bits per heavy atom. The van der Waals surface area contributed by atoms with Crippen LogP contribution in [0.1, 0.15) is 22.0 Å². The van der Waals surface area contributed by atoms with E-state index in [1.807, 2.05) is 79.5 Å². The standard InChI is InChI=1S/C22H23ClN2O2S/c1-15-9-11-19(27-3)18(13-15)24-22(26)21(16-7-5-4-6-8-16)25(2)14-17-10-12-20(23)28-17/h4-13,21H,14H2,1-3H3,(H,24,26)/t21-/m1/s1. The van der Waals surface area contributed by atoms with Gasteiger partial charge in [0.2, 0.25) is 5.91 Å². The molecule has 4 nitrogen and oxygen atoms in total. The number of carbonyl (C=O) groups is 1. The van der Waals surface area contributed by atoms with Gasteiger partial charge in [-0.1, -0.05) is 48.0 Å². The third-order valence-corrected chi connectivity index (χ3v) is 5.67. The smallest absolute Gasteiger partial charge is 0.246 e. The van der Waals surface area contributed by atoms with Gasteiger partial charge in [-0.3, -0.25) is 9.69 Å². The number of carbonyl (C=O) groups excluding carboxylic acids is 1. The van der Waals surface area contributed by atoms with Crippen molar-refractivity contribution in [2.24, 2.45) is 0 Å². The van der Waals surface area contributed by atoms with E-state index in [0.29, 0.717) is 18.0 Å². The molecule has 3 aromatic rings. The van der Waals surface area contributed by atoms with Crippen LogP contribution < -0.4 is 10.1 Å². The average Bonchev–Trinajstić information content (AvgIpc) is 3.07. The molecule has 1 aromatic heterocycles. The van der Waals surface area contributed by atoms with Gasteiger partial charge >= 0.3 is 0 Å². The molecular formula is C22H23ClN2O2S. The van der Waals surface area contributed by atoms with Crippen LogP contribution in [0.3, 0.4) is 0 Å². The van der Waals surface area contributed by atoms with Crippen LogP contribution in [0, 0.1) is 6.92 Å². The number of anilines is 1. The lowest BCUT2D eigenvalue weighted by atomic mass is 10.0. The van der Waals surface area contributed by atoms with Crippen LogP contribution in [-0.4, -0.2) is 25.0 Å². The SMILES string of the molecule is COc1ccc(C)cc1NC(=O)[C@@H](c1ccccc1)N(C)Cc1ccc(Cl)s1. The van der Waals surface area contributed by atoms with Gasteiger partial charge < -0.3 is 10.1 Å². The molecule has 28 heavy (non-hydrogen) atoms. The lowest BCUT2D eigenvalue weighted by Crippen LogP contribution is -2.34. The molecule has 0 aliphatic heterocycles. The predicted molar refractivity (Wildman–Crippen MR) is 116 cm³/mol. The number of aryl methyl sites for hydroxylation is 1. The van der Waals surface area contributed by atoms with Crippen molar-refractivity contribution in [1.29, 1.82) is 0 Å². The van der Waals surface area contributed by atoms with E-state index >= 15 is 0 Å². The number of hydrogen-bond donors (Lipinski definition) is 1. The van der Waals surface area contributed by atoms with E-state index in [2.05, 4.69) is 5.32 Å². The number of benzene rings is 2. The maximum atomic E-state index is 13.3. The number of nitrogens with zero attached hydrogens (tertiary/aromatic N) is 1. The van der Waals surface area contributed by atoms with E-state index in [-0.39, 0.29) is 5.91 Å². The highest BCUT2D eigenvalue weighted by atomic mass is 35.5. The Kier molecular flexibility index (Phi) is 6.73. The summed E-state index contributed by atoms with van der Waals surface area (Å²) in [5.74, 6) is 0.527. The second kappa shape index (κ2) is 9.24. The van der Waals surface area contributed by atoms with Crippen LogP contribution in [0.25, 0.3) is 0 Å². The number of nitrogens with one attached hydrogen (secondary N) is 1. The minimum Gasteiger partial charge on any atom is -0.495 e. The maximum Gasteiger partial charge on any atom is 0.246 e. The fourth-order valence-corrected chi connectivity index (χ4v) is 4.29. The number of halogens is 1.